The molecule has 0 radical (unpaired) electrons. The highest BCUT2D eigenvalue weighted by molar-refractivity contribution is 6.31. The summed E-state index contributed by atoms with van der Waals surface area (Å²) in [5.74, 6) is -0.233. The fraction of sp³-hybridized carbons (Fsp3) is 0.250. The number of carbonyl (C=O) groups is 1. The first kappa shape index (κ1) is 19.0. The molecule has 1 aromatic heterocycles. The van der Waals surface area contributed by atoms with Crippen molar-refractivity contribution in [2.24, 2.45) is 5.92 Å². The van der Waals surface area contributed by atoms with Crippen LogP contribution in [0.25, 0.3) is 11.4 Å². The third kappa shape index (κ3) is 4.34. The average molecular weight is 388 g/mol. The molecule has 2 aromatic carbocycles. The molecule has 1 heterocycles. The Hall–Kier alpha value is -2.73. The maximum Gasteiger partial charge on any atom is 0.252 e. The molecular weight excluding hydrogens is 369 g/mol. The van der Waals surface area contributed by atoms with Gasteiger partial charge in [0.25, 0.3) is 5.91 Å². The zero-order valence-corrected chi connectivity index (χ0v) is 15.9. The predicted octanol–water partition coefficient (Wildman–Crippen LogP) is 4.96. The Kier molecular flexibility index (Phi) is 5.56. The van der Waals surface area contributed by atoms with Gasteiger partial charge in [0, 0.05) is 16.1 Å². The number of halogens is 2. The number of aryl methyl sites for hydroxylation is 1. The number of rotatable bonds is 5. The molecule has 0 spiro atoms. The lowest BCUT2D eigenvalue weighted by Crippen LogP contribution is -2.32. The van der Waals surface area contributed by atoms with Crippen LogP contribution in [0.3, 0.4) is 0 Å². The molecule has 0 aliphatic rings. The first-order valence-electron chi connectivity index (χ1n) is 8.51. The van der Waals surface area contributed by atoms with Gasteiger partial charge in [0.15, 0.2) is 0 Å². The number of hydrogen-bond acceptors (Lipinski definition) is 4. The largest absolute Gasteiger partial charge is 0.340 e. The van der Waals surface area contributed by atoms with E-state index in [1.807, 2.05) is 32.9 Å². The summed E-state index contributed by atoms with van der Waals surface area (Å²) in [7, 11) is 0. The molecule has 0 fully saturated rings. The van der Waals surface area contributed by atoms with Gasteiger partial charge in [-0.25, -0.2) is 4.39 Å². The van der Waals surface area contributed by atoms with Crippen LogP contribution in [0, 0.1) is 18.7 Å². The lowest BCUT2D eigenvalue weighted by Gasteiger charge is -2.18. The number of nitrogens with one attached hydrogen (secondary N) is 1. The summed E-state index contributed by atoms with van der Waals surface area (Å²) in [6.07, 6.45) is 0. The summed E-state index contributed by atoms with van der Waals surface area (Å²) >= 11 is 6.16. The van der Waals surface area contributed by atoms with Crippen molar-refractivity contribution in [3.63, 3.8) is 0 Å². The molecule has 0 aliphatic carbocycles. The van der Waals surface area contributed by atoms with E-state index in [0.29, 0.717) is 10.8 Å². The average Bonchev–Trinajstić information content (AvgIpc) is 3.11. The predicted molar refractivity (Wildman–Crippen MR) is 101 cm³/mol. The fourth-order valence-electron chi connectivity index (χ4n) is 2.58. The molecule has 0 bridgehead atoms. The third-order valence-electron chi connectivity index (χ3n) is 4.18. The Labute approximate surface area is 161 Å². The lowest BCUT2D eigenvalue weighted by atomic mass is 10.0. The van der Waals surface area contributed by atoms with Crippen molar-refractivity contribution in [3.8, 4) is 11.4 Å². The maximum absolute atomic E-state index is 13.4. The van der Waals surface area contributed by atoms with Crippen molar-refractivity contribution in [2.75, 3.05) is 0 Å². The number of hydrogen-bond donors (Lipinski definition) is 1. The second kappa shape index (κ2) is 7.88. The number of carbonyl (C=O) groups excluding carboxylic acids is 1. The van der Waals surface area contributed by atoms with Crippen LogP contribution >= 0.6 is 11.6 Å². The summed E-state index contributed by atoms with van der Waals surface area (Å²) in [5.41, 5.74) is 1.90. The van der Waals surface area contributed by atoms with Crippen molar-refractivity contribution < 1.29 is 13.7 Å². The van der Waals surface area contributed by atoms with Crippen molar-refractivity contribution in [3.05, 3.63) is 70.3 Å². The minimum atomic E-state index is -0.511. The van der Waals surface area contributed by atoms with Gasteiger partial charge in [-0.05, 0) is 42.7 Å². The van der Waals surface area contributed by atoms with Crippen LogP contribution in [0.2, 0.25) is 5.02 Å². The maximum atomic E-state index is 13.4. The summed E-state index contributed by atoms with van der Waals surface area (Å²) in [4.78, 5) is 16.9. The molecule has 1 N–H and O–H groups in total. The first-order chi connectivity index (χ1) is 12.8. The smallest absolute Gasteiger partial charge is 0.252 e. The molecule has 5 nitrogen and oxygen atoms in total. The summed E-state index contributed by atoms with van der Waals surface area (Å²) in [6, 6.07) is 10.5. The standard InChI is InChI=1S/C20H19ClFN3O2/c1-11(2)17(23-19(26)14-5-4-6-15(22)9-14)20-24-18(25-27-20)13-8-7-12(3)16(21)10-13/h4-11,17H,1-3H3,(H,23,26). The van der Waals surface area contributed by atoms with Gasteiger partial charge < -0.3 is 9.84 Å². The fourth-order valence-corrected chi connectivity index (χ4v) is 2.76. The number of benzene rings is 2. The molecule has 3 aromatic rings. The van der Waals surface area contributed by atoms with Gasteiger partial charge in [-0.1, -0.05) is 48.8 Å². The van der Waals surface area contributed by atoms with Crippen LogP contribution in [0.4, 0.5) is 4.39 Å². The summed E-state index contributed by atoms with van der Waals surface area (Å²) in [6.45, 7) is 5.75. The minimum Gasteiger partial charge on any atom is -0.340 e. The molecule has 0 saturated heterocycles. The van der Waals surface area contributed by atoms with Gasteiger partial charge in [0.1, 0.15) is 11.9 Å². The van der Waals surface area contributed by atoms with Crippen LogP contribution in [0.5, 0.6) is 0 Å². The van der Waals surface area contributed by atoms with Gasteiger partial charge in [0.2, 0.25) is 11.7 Å². The topological polar surface area (TPSA) is 68.0 Å². The van der Waals surface area contributed by atoms with E-state index in [2.05, 4.69) is 15.5 Å². The van der Waals surface area contributed by atoms with Crippen LogP contribution in [0.1, 0.15) is 41.7 Å². The van der Waals surface area contributed by atoms with Crippen LogP contribution in [0.15, 0.2) is 47.0 Å². The summed E-state index contributed by atoms with van der Waals surface area (Å²) in [5, 5.41) is 7.44. The second-order valence-corrected chi connectivity index (χ2v) is 7.03. The van der Waals surface area contributed by atoms with Crippen molar-refractivity contribution in [2.45, 2.75) is 26.8 Å². The Morgan fingerprint density at radius 2 is 2.00 bits per heavy atom. The third-order valence-corrected chi connectivity index (χ3v) is 4.59. The van der Waals surface area contributed by atoms with E-state index in [1.54, 1.807) is 12.1 Å². The van der Waals surface area contributed by atoms with Gasteiger partial charge in [-0.3, -0.25) is 4.79 Å². The molecule has 1 amide bonds. The quantitative estimate of drug-likeness (QED) is 0.671. The van der Waals surface area contributed by atoms with Crippen molar-refractivity contribution in [1.82, 2.24) is 15.5 Å². The van der Waals surface area contributed by atoms with E-state index in [1.165, 1.54) is 18.2 Å². The van der Waals surface area contributed by atoms with Gasteiger partial charge >= 0.3 is 0 Å². The van der Waals surface area contributed by atoms with E-state index in [0.717, 1.165) is 11.1 Å². The van der Waals surface area contributed by atoms with Gasteiger partial charge in [-0.15, -0.1) is 0 Å². The Morgan fingerprint density at radius 1 is 1.22 bits per heavy atom. The van der Waals surface area contributed by atoms with E-state index in [4.69, 9.17) is 16.1 Å². The first-order valence-corrected chi connectivity index (χ1v) is 8.89. The normalized spacial score (nSPS) is 12.2. The second-order valence-electron chi connectivity index (χ2n) is 6.63. The summed E-state index contributed by atoms with van der Waals surface area (Å²) < 4.78 is 18.7. The van der Waals surface area contributed by atoms with Gasteiger partial charge in [0.05, 0.1) is 0 Å². The molecule has 3 rings (SSSR count). The van der Waals surface area contributed by atoms with Gasteiger partial charge in [-0.2, -0.15) is 4.98 Å². The zero-order valence-electron chi connectivity index (χ0n) is 15.2. The zero-order chi connectivity index (χ0) is 19.6. The molecule has 1 unspecified atom stereocenters. The molecule has 140 valence electrons. The molecule has 0 saturated carbocycles. The minimum absolute atomic E-state index is 0.0163. The van der Waals surface area contributed by atoms with E-state index in [-0.39, 0.29) is 17.4 Å². The molecule has 1 atom stereocenters. The number of nitrogens with zero attached hydrogens (tertiary/aromatic N) is 2. The van der Waals surface area contributed by atoms with E-state index >= 15 is 0 Å². The van der Waals surface area contributed by atoms with Crippen LogP contribution in [-0.2, 0) is 0 Å². The molecule has 7 heteroatoms. The number of amides is 1. The van der Waals surface area contributed by atoms with Crippen LogP contribution in [-0.4, -0.2) is 16.0 Å². The molecular formula is C20H19ClFN3O2. The van der Waals surface area contributed by atoms with E-state index < -0.39 is 17.8 Å². The highest BCUT2D eigenvalue weighted by Crippen LogP contribution is 2.26. The van der Waals surface area contributed by atoms with Crippen molar-refractivity contribution in [1.29, 1.82) is 0 Å². The lowest BCUT2D eigenvalue weighted by molar-refractivity contribution is 0.0913. The van der Waals surface area contributed by atoms with Crippen molar-refractivity contribution >= 4 is 17.5 Å². The molecule has 0 aliphatic heterocycles. The highest BCUT2D eigenvalue weighted by atomic mass is 35.5. The molecule has 27 heavy (non-hydrogen) atoms. The number of aromatic nitrogens is 2. The monoisotopic (exact) mass is 387 g/mol. The SMILES string of the molecule is Cc1ccc(-c2noc(C(NC(=O)c3cccc(F)c3)C(C)C)n2)cc1Cl. The highest BCUT2D eigenvalue weighted by Gasteiger charge is 2.25. The Balaban J connectivity index is 1.84. The van der Waals surface area contributed by atoms with E-state index in [9.17, 15) is 9.18 Å². The Bertz CT molecular complexity index is 971. The van der Waals surface area contributed by atoms with Crippen LogP contribution < -0.4 is 5.32 Å². The Morgan fingerprint density at radius 3 is 2.67 bits per heavy atom.